The van der Waals surface area contributed by atoms with E-state index < -0.39 is 85.2 Å². The van der Waals surface area contributed by atoms with Crippen LogP contribution in [-0.2, 0) is 52.9 Å². The molecule has 0 saturated carbocycles. The first-order valence-electron chi connectivity index (χ1n) is 37.0. The van der Waals surface area contributed by atoms with Gasteiger partial charge in [0.1, 0.15) is 34.9 Å². The Balaban J connectivity index is 0.000000538. The average molecular weight is 2180 g/mol. The number of carboxylic acids is 2. The van der Waals surface area contributed by atoms with Gasteiger partial charge in [0.25, 0.3) is 11.1 Å². The van der Waals surface area contributed by atoms with Crippen LogP contribution in [-0.4, -0.2) is 130 Å². The molecule has 1 amide bonds. The zero-order valence-electron chi connectivity index (χ0n) is 71.8. The van der Waals surface area contributed by atoms with Crippen molar-refractivity contribution in [1.82, 2.24) is 5.32 Å². The summed E-state index contributed by atoms with van der Waals surface area (Å²) in [6.45, 7) is 3.50. The van der Waals surface area contributed by atoms with Crippen molar-refractivity contribution >= 4 is 164 Å². The number of halogens is 13. The topological polar surface area (TPSA) is 367 Å². The molecule has 130 heavy (non-hydrogen) atoms. The number of hydrogen-bond donors (Lipinski definition) is 4. The van der Waals surface area contributed by atoms with Gasteiger partial charge in [-0.3, -0.25) is 19.2 Å². The van der Waals surface area contributed by atoms with Gasteiger partial charge in [0.05, 0.1) is 106 Å². The first-order chi connectivity index (χ1) is 60.4. The Morgan fingerprint density at radius 1 is 0.462 bits per heavy atom. The van der Waals surface area contributed by atoms with E-state index in [4.69, 9.17) is 60.2 Å². The van der Waals surface area contributed by atoms with Gasteiger partial charge in [0, 0.05) is 59.9 Å². The molecular weight excluding hydrogens is 2090 g/mol. The molecule has 2 atom stereocenters. The maximum absolute atomic E-state index is 14.6. The molecule has 10 aromatic rings. The molecule has 0 radical (unpaired) electrons. The minimum Gasteiger partial charge on any atom is -0.870 e. The summed E-state index contributed by atoms with van der Waals surface area (Å²) in [7, 11) is 19.3. The number of nitrogens with one attached hydrogen (secondary N) is 1. The van der Waals surface area contributed by atoms with Crippen LogP contribution in [0.25, 0.3) is 22.3 Å². The SMILES string of the molecule is COC(=O)c1cc(C)ccc1F.COC(=O)c1cc(CBr)ccc1F.COc1cc2c(c(OC)c1OC)-c1ccc(SC)c(=O)cc1[C@@H](N)CC2.COc1cc2c(c(OC)c1OC)-c1ccc(SC)c(=O)cc1[C@@H](NC(=O)c1cc(CBr)ccc1F)CC2.Cc1ccc(F)c(C(=O)O)c1.O.O=C(Cl)c1cc(CBr)ccc1F.O=C(O)c1cc(CBr)ccc1F.O=S(Cl)Cl.[Li+].[OH-]. The van der Waals surface area contributed by atoms with Crippen LogP contribution in [0, 0.1) is 48.8 Å². The third-order valence-corrected chi connectivity index (χ3v) is 22.9. The number of fused-ring (bicyclic) bond motifs is 6. The number of amides is 1. The van der Waals surface area contributed by atoms with Gasteiger partial charge in [-0.15, -0.1) is 23.5 Å². The van der Waals surface area contributed by atoms with Crippen molar-refractivity contribution in [3.8, 4) is 56.8 Å². The number of aryl methyl sites for hydroxylation is 4. The van der Waals surface area contributed by atoms with Crippen molar-refractivity contribution in [1.29, 1.82) is 0 Å². The molecule has 10 aromatic carbocycles. The number of methoxy groups -OCH3 is 8. The molecule has 0 aliphatic heterocycles. The molecule has 0 unspecified atom stereocenters. The number of thioether (sulfide) groups is 2. The van der Waals surface area contributed by atoms with Crippen molar-refractivity contribution < 1.29 is 137 Å². The fraction of sp³-hybridized carbons (Fsp3) is 0.244. The van der Waals surface area contributed by atoms with E-state index in [-0.39, 0.29) is 80.1 Å². The number of ether oxygens (including phenoxy) is 8. The standard InChI is InChI=1S/C28H27BrFNO5S.C20H23NO4S.C9H8BrFO2.C9H9FO2.C8H5BrClFO.C8H6BrFO2.C8H7FO2.Cl2OS.Li.2H2O/c1-34-23-12-16-6-9-21(31-28(33)19-11-15(14-29)5-8-20(19)30)18-13-22(32)24(37-4)10-7-17(18)25(16)27(36-3)26(23)35-2;1-23-16-9-11-5-7-14(21)13-10-15(22)17(26-4)8-6-12(13)18(11)20(25-3)19(16)24-2;1-13-9(12)7-4-6(5-10)2-3-8(7)11;1-6-3-4-8(10)7(5-6)9(11)12-2;9-4-5-1-2-7(11)6(3-5)8(10)12;9-4-5-1-2-7(10)6(3-5)8(11)12;1-5-2-3-7(9)6(4-5)8(10)11;1-4(2)3;;;/h5,7-8,10-13,21H,6,9,14H2,1-4H3,(H,31,33);6,8-10,14H,5,7,21H2,1-4H3;2-4H,5H2,1H3;3-5H,1-2H3;1-3H,4H2;1-3H,4H2,(H,11,12);2-4H,1H3,(H,10,11);;;2*1H2/q;;;;;;;;+1;;/p-1/t21-;14-;;;;;;;;;/m00........./s1. The molecule has 23 nitrogen and oxygen atoms in total. The largest absolute Gasteiger partial charge is 1.00 e. The summed E-state index contributed by atoms with van der Waals surface area (Å²) in [5.74, 6) is -4.82. The number of hydrogen-bond acceptors (Lipinski definition) is 21. The number of alkyl halides is 4. The molecule has 0 heterocycles. The third kappa shape index (κ3) is 32.8. The van der Waals surface area contributed by atoms with Crippen LogP contribution in [0.4, 0.5) is 26.3 Å². The average Bonchev–Trinajstić information content (AvgIpc) is 1.62. The van der Waals surface area contributed by atoms with Crippen LogP contribution in [0.3, 0.4) is 0 Å². The van der Waals surface area contributed by atoms with Crippen molar-refractivity contribution in [3.05, 3.63) is 302 Å². The first kappa shape index (κ1) is 117. The third-order valence-electron chi connectivity index (χ3n) is 18.5. The van der Waals surface area contributed by atoms with Gasteiger partial charge in [0.15, 0.2) is 33.9 Å². The molecule has 0 aromatic heterocycles. The van der Waals surface area contributed by atoms with Gasteiger partial charge in [-0.1, -0.05) is 123 Å². The van der Waals surface area contributed by atoms with Gasteiger partial charge in [-0.2, -0.15) is 0 Å². The van der Waals surface area contributed by atoms with Gasteiger partial charge < -0.3 is 70.1 Å². The maximum Gasteiger partial charge on any atom is 1.00 e. The van der Waals surface area contributed by atoms with E-state index in [0.717, 1.165) is 97.3 Å². The normalized spacial score (nSPS) is 11.9. The van der Waals surface area contributed by atoms with Gasteiger partial charge in [-0.05, 0) is 228 Å². The first-order valence-corrected chi connectivity index (χ1v) is 47.1. The summed E-state index contributed by atoms with van der Waals surface area (Å²) in [5, 5.41) is 21.4. The molecular formula is C90H88Br4Cl3F6LiN2O21S3. The zero-order valence-corrected chi connectivity index (χ0v) is 82.9. The van der Waals surface area contributed by atoms with Crippen molar-refractivity contribution in [2.24, 2.45) is 5.73 Å². The quantitative estimate of drug-likeness (QED) is 0.0146. The second kappa shape index (κ2) is 58.2. The molecule has 694 valence electrons. The van der Waals surface area contributed by atoms with Crippen molar-refractivity contribution in [3.63, 3.8) is 0 Å². The molecule has 8 N–H and O–H groups in total. The Kier molecular flexibility index (Phi) is 52.4. The number of carbonyl (C=O) groups is 6. The van der Waals surface area contributed by atoms with Gasteiger partial charge in [-0.25, -0.2) is 49.7 Å². The van der Waals surface area contributed by atoms with E-state index in [1.165, 1.54) is 118 Å². The number of nitrogens with two attached hydrogens (primary N) is 1. The Labute approximate surface area is 816 Å². The van der Waals surface area contributed by atoms with E-state index in [0.29, 0.717) is 84.0 Å². The van der Waals surface area contributed by atoms with Gasteiger partial charge >= 0.3 is 42.7 Å². The number of carboxylic acid groups (broad SMARTS) is 2. The Morgan fingerprint density at radius 3 is 1.13 bits per heavy atom. The summed E-state index contributed by atoms with van der Waals surface area (Å²) in [5.41, 5.74) is 17.0. The monoisotopic (exact) mass is 2170 g/mol. The predicted octanol–water partition coefficient (Wildman–Crippen LogP) is 18.1. The number of carbonyl (C=O) groups excluding carboxylic acids is 4. The minimum absolute atomic E-state index is 0. The Morgan fingerprint density at radius 2 is 0.777 bits per heavy atom. The fourth-order valence-electron chi connectivity index (χ4n) is 12.4. The molecule has 0 bridgehead atoms. The van der Waals surface area contributed by atoms with E-state index in [1.54, 1.807) is 91.9 Å². The van der Waals surface area contributed by atoms with Crippen LogP contribution >= 0.6 is 120 Å². The second-order valence-electron chi connectivity index (χ2n) is 26.4. The summed E-state index contributed by atoms with van der Waals surface area (Å²) in [6.07, 6.45) is 6.24. The van der Waals surface area contributed by atoms with Crippen LogP contribution in [0.5, 0.6) is 34.5 Å². The molecule has 40 heteroatoms. The molecule has 12 rings (SSSR count). The molecule has 2 aliphatic rings. The van der Waals surface area contributed by atoms with Crippen molar-refractivity contribution in [2.75, 3.05) is 69.4 Å². The number of benzene rings is 8. The van der Waals surface area contributed by atoms with E-state index in [9.17, 15) is 64.7 Å². The number of esters is 2. The molecule has 0 saturated heterocycles. The smallest absolute Gasteiger partial charge is 0.870 e. The second-order valence-corrected chi connectivity index (χ2v) is 33.2. The van der Waals surface area contributed by atoms with E-state index >= 15 is 0 Å². The van der Waals surface area contributed by atoms with Crippen molar-refractivity contribution in [2.45, 2.75) is 82.7 Å². The maximum atomic E-state index is 14.6. The van der Waals surface area contributed by atoms with Gasteiger partial charge in [0.2, 0.25) is 20.7 Å². The number of aromatic carboxylic acids is 2. The molecule has 0 fully saturated rings. The summed E-state index contributed by atoms with van der Waals surface area (Å²) >= 11 is 20.8. The zero-order chi connectivity index (χ0) is 94.8. The summed E-state index contributed by atoms with van der Waals surface area (Å²) < 4.78 is 130. The molecule has 0 spiro atoms. The number of rotatable bonds is 19. The van der Waals surface area contributed by atoms with Crippen LogP contribution in [0.2, 0.25) is 0 Å². The van der Waals surface area contributed by atoms with Crippen LogP contribution in [0.1, 0.15) is 143 Å². The summed E-state index contributed by atoms with van der Waals surface area (Å²) in [6, 6.07) is 39.1. The Hall–Kier alpha value is -8.94. The summed E-state index contributed by atoms with van der Waals surface area (Å²) in [4.78, 5) is 93.5. The molecule has 2 aliphatic carbocycles. The van der Waals surface area contributed by atoms with E-state index in [1.807, 2.05) is 42.8 Å². The van der Waals surface area contributed by atoms with Crippen LogP contribution < -0.4 is 69.2 Å². The predicted molar refractivity (Wildman–Crippen MR) is 504 cm³/mol. The fourth-order valence-corrected chi connectivity index (χ4v) is 14.9. The Bertz CT molecular complexity index is 5730. The minimum atomic E-state index is -1.67. The van der Waals surface area contributed by atoms with E-state index in [2.05, 4.69) is 99.9 Å². The van der Waals surface area contributed by atoms with Crippen LogP contribution in [0.15, 0.2) is 177 Å².